The standard InChI is InChI=1S/C23H25N3O3S/c1-29-22(28)13-19(15-9-11-17(30-2)12-10-15)24-21(27)14-26-20-6-4-3-5-18(20)25-23(26)16-7-8-16/h3-6,9-12,16,19H,7-8,13-14H2,1-2H3,(H,24,27). The SMILES string of the molecule is COC(=O)CC(NC(=O)Cn1c(C2CC2)nc2ccccc21)c1ccc(SC)cc1. The zero-order valence-electron chi connectivity index (χ0n) is 17.1. The molecule has 1 unspecified atom stereocenters. The summed E-state index contributed by atoms with van der Waals surface area (Å²) in [7, 11) is 1.36. The topological polar surface area (TPSA) is 73.2 Å². The number of hydrogen-bond acceptors (Lipinski definition) is 5. The number of hydrogen-bond donors (Lipinski definition) is 1. The van der Waals surface area contributed by atoms with Crippen molar-refractivity contribution in [3.63, 3.8) is 0 Å². The maximum absolute atomic E-state index is 13.0. The number of methoxy groups -OCH3 is 1. The van der Waals surface area contributed by atoms with Crippen LogP contribution >= 0.6 is 11.8 Å². The van der Waals surface area contributed by atoms with Gasteiger partial charge in [0.25, 0.3) is 0 Å². The van der Waals surface area contributed by atoms with Crippen molar-refractivity contribution >= 4 is 34.7 Å². The number of imidazole rings is 1. The lowest BCUT2D eigenvalue weighted by molar-refractivity contribution is -0.141. The van der Waals surface area contributed by atoms with Gasteiger partial charge < -0.3 is 14.6 Å². The first-order valence-electron chi connectivity index (χ1n) is 10.0. The minimum atomic E-state index is -0.444. The third-order valence-corrected chi connectivity index (χ3v) is 6.12. The summed E-state index contributed by atoms with van der Waals surface area (Å²) in [6, 6.07) is 15.3. The van der Waals surface area contributed by atoms with Gasteiger partial charge in [-0.05, 0) is 48.9 Å². The number of rotatable bonds is 8. The molecule has 0 bridgehead atoms. The van der Waals surface area contributed by atoms with Crippen LogP contribution in [0.15, 0.2) is 53.4 Å². The molecule has 1 atom stereocenters. The highest BCUT2D eigenvalue weighted by Crippen LogP contribution is 2.40. The molecule has 1 aliphatic rings. The molecule has 1 heterocycles. The zero-order valence-corrected chi connectivity index (χ0v) is 17.9. The van der Waals surface area contributed by atoms with Crippen LogP contribution in [-0.2, 0) is 20.9 Å². The van der Waals surface area contributed by atoms with Gasteiger partial charge in [-0.1, -0.05) is 24.3 Å². The van der Waals surface area contributed by atoms with E-state index in [4.69, 9.17) is 9.72 Å². The minimum Gasteiger partial charge on any atom is -0.469 e. The normalized spacial score (nSPS) is 14.5. The predicted molar refractivity (Wildman–Crippen MR) is 117 cm³/mol. The van der Waals surface area contributed by atoms with Crippen LogP contribution in [0.1, 0.15) is 42.6 Å². The van der Waals surface area contributed by atoms with Crippen LogP contribution in [0.5, 0.6) is 0 Å². The van der Waals surface area contributed by atoms with Gasteiger partial charge in [-0.2, -0.15) is 0 Å². The Morgan fingerprint density at radius 3 is 2.60 bits per heavy atom. The van der Waals surface area contributed by atoms with Gasteiger partial charge in [0.15, 0.2) is 0 Å². The Morgan fingerprint density at radius 1 is 1.20 bits per heavy atom. The van der Waals surface area contributed by atoms with Crippen molar-refractivity contribution in [1.82, 2.24) is 14.9 Å². The van der Waals surface area contributed by atoms with E-state index in [9.17, 15) is 9.59 Å². The molecule has 1 fully saturated rings. The van der Waals surface area contributed by atoms with E-state index >= 15 is 0 Å². The molecule has 1 N–H and O–H groups in total. The van der Waals surface area contributed by atoms with E-state index < -0.39 is 6.04 Å². The van der Waals surface area contributed by atoms with Gasteiger partial charge in [0.1, 0.15) is 12.4 Å². The number of nitrogens with one attached hydrogen (secondary N) is 1. The lowest BCUT2D eigenvalue weighted by atomic mass is 10.0. The second-order valence-electron chi connectivity index (χ2n) is 7.49. The van der Waals surface area contributed by atoms with Crippen molar-refractivity contribution in [3.8, 4) is 0 Å². The van der Waals surface area contributed by atoms with E-state index in [0.29, 0.717) is 5.92 Å². The van der Waals surface area contributed by atoms with E-state index in [0.717, 1.165) is 40.2 Å². The number of nitrogens with zero attached hydrogens (tertiary/aromatic N) is 2. The van der Waals surface area contributed by atoms with Crippen molar-refractivity contribution in [3.05, 3.63) is 59.9 Å². The van der Waals surface area contributed by atoms with Crippen molar-refractivity contribution in [1.29, 1.82) is 0 Å². The van der Waals surface area contributed by atoms with Gasteiger partial charge >= 0.3 is 5.97 Å². The highest BCUT2D eigenvalue weighted by Gasteiger charge is 2.30. The Hall–Kier alpha value is -2.80. The summed E-state index contributed by atoms with van der Waals surface area (Å²) in [4.78, 5) is 30.8. The van der Waals surface area contributed by atoms with Crippen molar-refractivity contribution in [2.45, 2.75) is 42.7 Å². The van der Waals surface area contributed by atoms with E-state index in [-0.39, 0.29) is 24.8 Å². The second kappa shape index (κ2) is 8.92. The van der Waals surface area contributed by atoms with E-state index in [2.05, 4.69) is 5.32 Å². The summed E-state index contributed by atoms with van der Waals surface area (Å²) in [5, 5.41) is 3.03. The fourth-order valence-electron chi connectivity index (χ4n) is 3.64. The first-order chi connectivity index (χ1) is 14.6. The molecule has 0 spiro atoms. The molecule has 30 heavy (non-hydrogen) atoms. The average Bonchev–Trinajstić information content (AvgIpc) is 3.56. The van der Waals surface area contributed by atoms with Gasteiger partial charge in [-0.25, -0.2) is 4.98 Å². The average molecular weight is 424 g/mol. The maximum Gasteiger partial charge on any atom is 0.307 e. The van der Waals surface area contributed by atoms with Crippen LogP contribution in [0.3, 0.4) is 0 Å². The molecule has 0 radical (unpaired) electrons. The number of aromatic nitrogens is 2. The summed E-state index contributed by atoms with van der Waals surface area (Å²) in [6.07, 6.45) is 4.31. The molecular formula is C23H25N3O3S. The predicted octanol–water partition coefficient (Wildman–Crippen LogP) is 4.06. The summed E-state index contributed by atoms with van der Waals surface area (Å²) < 4.78 is 6.85. The Labute approximate surface area is 180 Å². The molecule has 1 aliphatic carbocycles. The van der Waals surface area contributed by atoms with Gasteiger partial charge in [-0.15, -0.1) is 11.8 Å². The van der Waals surface area contributed by atoms with Crippen LogP contribution in [-0.4, -0.2) is 34.8 Å². The number of carbonyl (C=O) groups excluding carboxylic acids is 2. The van der Waals surface area contributed by atoms with Crippen LogP contribution in [0, 0.1) is 0 Å². The number of fused-ring (bicyclic) bond motifs is 1. The molecule has 1 amide bonds. The Morgan fingerprint density at radius 2 is 1.93 bits per heavy atom. The van der Waals surface area contributed by atoms with Gasteiger partial charge in [0.05, 0.1) is 30.6 Å². The summed E-state index contributed by atoms with van der Waals surface area (Å²) in [5.74, 6) is 0.888. The summed E-state index contributed by atoms with van der Waals surface area (Å²) >= 11 is 1.65. The van der Waals surface area contributed by atoms with Crippen LogP contribution in [0.4, 0.5) is 0 Å². The highest BCUT2D eigenvalue weighted by molar-refractivity contribution is 7.98. The smallest absolute Gasteiger partial charge is 0.307 e. The Bertz CT molecular complexity index is 1060. The third-order valence-electron chi connectivity index (χ3n) is 5.38. The second-order valence-corrected chi connectivity index (χ2v) is 8.37. The maximum atomic E-state index is 13.0. The fraction of sp³-hybridized carbons (Fsp3) is 0.348. The number of thioether (sulfide) groups is 1. The molecule has 3 aromatic rings. The molecule has 1 saturated carbocycles. The minimum absolute atomic E-state index is 0.0843. The molecule has 7 heteroatoms. The third kappa shape index (κ3) is 4.51. The van der Waals surface area contributed by atoms with Gasteiger partial charge in [-0.3, -0.25) is 9.59 Å². The van der Waals surface area contributed by atoms with Gasteiger partial charge in [0, 0.05) is 10.8 Å². The first-order valence-corrected chi connectivity index (χ1v) is 11.3. The molecule has 1 aromatic heterocycles. The summed E-state index contributed by atoms with van der Waals surface area (Å²) in [5.41, 5.74) is 2.75. The highest BCUT2D eigenvalue weighted by atomic mass is 32.2. The number of carbonyl (C=O) groups is 2. The van der Waals surface area contributed by atoms with Crippen LogP contribution in [0.25, 0.3) is 11.0 Å². The van der Waals surface area contributed by atoms with E-state index in [1.807, 2.05) is 59.4 Å². The fourth-order valence-corrected chi connectivity index (χ4v) is 4.04. The Balaban J connectivity index is 1.56. The van der Waals surface area contributed by atoms with Crippen molar-refractivity contribution in [2.24, 2.45) is 0 Å². The number of para-hydroxylation sites is 2. The lowest BCUT2D eigenvalue weighted by Gasteiger charge is -2.19. The first kappa shape index (κ1) is 20.5. The number of amides is 1. The summed E-state index contributed by atoms with van der Waals surface area (Å²) in [6.45, 7) is 0.174. The van der Waals surface area contributed by atoms with Crippen LogP contribution in [0.2, 0.25) is 0 Å². The molecular weight excluding hydrogens is 398 g/mol. The molecule has 0 aliphatic heterocycles. The molecule has 156 valence electrons. The number of ether oxygens (including phenoxy) is 1. The largest absolute Gasteiger partial charge is 0.469 e. The number of esters is 1. The van der Waals surface area contributed by atoms with Gasteiger partial charge in [0.2, 0.25) is 5.91 Å². The molecule has 0 saturated heterocycles. The molecule has 6 nitrogen and oxygen atoms in total. The van der Waals surface area contributed by atoms with E-state index in [1.54, 1.807) is 11.8 Å². The molecule has 2 aromatic carbocycles. The Kier molecular flexibility index (Phi) is 6.08. The van der Waals surface area contributed by atoms with Crippen molar-refractivity contribution < 1.29 is 14.3 Å². The van der Waals surface area contributed by atoms with Crippen LogP contribution < -0.4 is 5.32 Å². The number of benzene rings is 2. The van der Waals surface area contributed by atoms with Crippen molar-refractivity contribution in [2.75, 3.05) is 13.4 Å². The quantitative estimate of drug-likeness (QED) is 0.437. The lowest BCUT2D eigenvalue weighted by Crippen LogP contribution is -2.33. The monoisotopic (exact) mass is 423 g/mol. The van der Waals surface area contributed by atoms with E-state index in [1.165, 1.54) is 7.11 Å². The molecule has 4 rings (SSSR count). The zero-order chi connectivity index (χ0) is 21.1.